The highest BCUT2D eigenvalue weighted by molar-refractivity contribution is 7.27. The van der Waals surface area contributed by atoms with Crippen LogP contribution in [-0.4, -0.2) is 9.97 Å². The Morgan fingerprint density at radius 1 is 0.328 bits per heavy atom. The zero-order chi connectivity index (χ0) is 40.9. The molecule has 0 fully saturated rings. The first-order valence-electron chi connectivity index (χ1n) is 25.7. The Bertz CT molecular complexity index is 1500. The number of unbranched alkanes of at least 4 members (excludes halogenated alkanes) is 34. The normalized spacial score (nSPS) is 12.0. The summed E-state index contributed by atoms with van der Waals surface area (Å²) >= 11 is 3.88. The maximum Gasteiger partial charge on any atom is 0.0984 e. The Morgan fingerprint density at radius 3 is 0.793 bits per heavy atom. The lowest BCUT2D eigenvalue weighted by Crippen LogP contribution is -2.04. The molecule has 3 aromatic heterocycles. The molecule has 0 aliphatic rings. The molecule has 58 heavy (non-hydrogen) atoms. The molecule has 0 bridgehead atoms. The number of aromatic nitrogens is 2. The summed E-state index contributed by atoms with van der Waals surface area (Å²) in [5, 5.41) is 2.66. The summed E-state index contributed by atoms with van der Waals surface area (Å²) in [5.74, 6) is 0. The van der Waals surface area contributed by atoms with Gasteiger partial charge in [-0.15, -0.1) is 22.7 Å². The molecule has 0 spiro atoms. The fourth-order valence-electron chi connectivity index (χ4n) is 9.39. The zero-order valence-corrected chi connectivity index (χ0v) is 40.4. The number of thiophene rings is 2. The fourth-order valence-corrected chi connectivity index (χ4v) is 11.6. The van der Waals surface area contributed by atoms with Crippen molar-refractivity contribution in [2.75, 3.05) is 0 Å². The Balaban J connectivity index is 1.13. The molecule has 2 nitrogen and oxygen atoms in total. The van der Waals surface area contributed by atoms with Gasteiger partial charge in [-0.05, 0) is 51.7 Å². The molecule has 4 heteroatoms. The number of aryl methyl sites for hydroxylation is 4. The van der Waals surface area contributed by atoms with Gasteiger partial charge < -0.3 is 0 Å². The van der Waals surface area contributed by atoms with Crippen LogP contribution in [-0.2, 0) is 12.8 Å². The number of rotatable bonds is 38. The molecule has 0 saturated carbocycles. The average molecular weight is 831 g/mol. The van der Waals surface area contributed by atoms with Crippen LogP contribution in [0.3, 0.4) is 0 Å². The topological polar surface area (TPSA) is 25.8 Å². The highest BCUT2D eigenvalue weighted by Gasteiger charge is 2.18. The maximum atomic E-state index is 5.54. The van der Waals surface area contributed by atoms with Gasteiger partial charge in [0.05, 0.1) is 31.8 Å². The minimum Gasteiger partial charge on any atom is -0.249 e. The SMILES string of the molecule is CCCCCCCCCCCCCCCCCCCCc1nc2c3cc(C)sc3c3sc(C)cc3c2nc1CCCCCCCCCCCCCCCCCCCC. The third-order valence-corrected chi connectivity index (χ3v) is 15.3. The van der Waals surface area contributed by atoms with E-state index in [9.17, 15) is 0 Å². The smallest absolute Gasteiger partial charge is 0.0984 e. The molecule has 0 aliphatic carbocycles. The molecule has 0 unspecified atom stereocenters. The van der Waals surface area contributed by atoms with Crippen molar-refractivity contribution >= 4 is 53.9 Å². The van der Waals surface area contributed by atoms with Gasteiger partial charge in [-0.3, -0.25) is 0 Å². The van der Waals surface area contributed by atoms with Gasteiger partial charge in [0.25, 0.3) is 0 Å². The van der Waals surface area contributed by atoms with Crippen molar-refractivity contribution in [3.63, 3.8) is 0 Å². The van der Waals surface area contributed by atoms with Crippen LogP contribution in [0.4, 0.5) is 0 Å². The van der Waals surface area contributed by atoms with Crippen molar-refractivity contribution in [1.82, 2.24) is 9.97 Å². The predicted molar refractivity (Wildman–Crippen MR) is 265 cm³/mol. The molecule has 4 aromatic rings. The second-order valence-electron chi connectivity index (χ2n) is 18.5. The van der Waals surface area contributed by atoms with Crippen molar-refractivity contribution in [2.45, 2.75) is 272 Å². The van der Waals surface area contributed by atoms with E-state index in [2.05, 4.69) is 39.8 Å². The molecule has 4 rings (SSSR count). The van der Waals surface area contributed by atoms with E-state index in [1.54, 1.807) is 0 Å². The van der Waals surface area contributed by atoms with Gasteiger partial charge in [-0.2, -0.15) is 0 Å². The first-order chi connectivity index (χ1) is 28.6. The second kappa shape index (κ2) is 31.3. The molecule has 328 valence electrons. The maximum absolute atomic E-state index is 5.54. The van der Waals surface area contributed by atoms with Crippen LogP contribution in [0, 0.1) is 13.8 Å². The first-order valence-corrected chi connectivity index (χ1v) is 27.4. The number of hydrogen-bond donors (Lipinski definition) is 0. The van der Waals surface area contributed by atoms with E-state index in [0.717, 1.165) is 23.9 Å². The monoisotopic (exact) mass is 831 g/mol. The minimum atomic E-state index is 1.08. The van der Waals surface area contributed by atoms with Gasteiger partial charge in [-0.25, -0.2) is 9.97 Å². The standard InChI is InChI=1S/C54H90N2S2/c1-5-7-9-11-13-15-17-19-21-23-25-27-29-31-33-35-37-39-41-49-50(42-40-38-36-34-32-30-28-26-24-22-20-18-16-14-12-10-8-6-2)56-52-48-44-46(4)58-54(48)53-47(51(52)55-49)43-45(3)57-53/h43-44H,5-42H2,1-4H3. The largest absolute Gasteiger partial charge is 0.249 e. The number of hydrogen-bond acceptors (Lipinski definition) is 4. The van der Waals surface area contributed by atoms with Gasteiger partial charge in [0.1, 0.15) is 0 Å². The third-order valence-electron chi connectivity index (χ3n) is 13.0. The van der Waals surface area contributed by atoms with E-state index >= 15 is 0 Å². The summed E-state index contributed by atoms with van der Waals surface area (Å²) in [6.45, 7) is 9.13. The molecule has 0 saturated heterocycles. The minimum absolute atomic E-state index is 1.08. The highest BCUT2D eigenvalue weighted by atomic mass is 32.1. The second-order valence-corrected chi connectivity index (χ2v) is 21.0. The quantitative estimate of drug-likeness (QED) is 0.0421. The van der Waals surface area contributed by atoms with Crippen molar-refractivity contribution in [3.05, 3.63) is 33.3 Å². The zero-order valence-electron chi connectivity index (χ0n) is 38.7. The predicted octanol–water partition coefficient (Wildman–Crippen LogP) is 19.8. The van der Waals surface area contributed by atoms with Gasteiger partial charge in [0, 0.05) is 20.5 Å². The molecular weight excluding hydrogens is 741 g/mol. The summed E-state index contributed by atoms with van der Waals surface area (Å²) in [4.78, 5) is 13.8. The van der Waals surface area contributed by atoms with E-state index in [-0.39, 0.29) is 0 Å². The number of fused-ring (bicyclic) bond motifs is 6. The summed E-state index contributed by atoms with van der Waals surface area (Å²) in [7, 11) is 0. The van der Waals surface area contributed by atoms with Crippen molar-refractivity contribution in [3.8, 4) is 0 Å². The Kier molecular flexibility index (Phi) is 26.6. The molecule has 0 aliphatic heterocycles. The van der Waals surface area contributed by atoms with Crippen LogP contribution in [0.25, 0.3) is 31.2 Å². The van der Waals surface area contributed by atoms with Crippen molar-refractivity contribution in [2.24, 2.45) is 0 Å². The van der Waals surface area contributed by atoms with E-state index in [1.165, 1.54) is 272 Å². The molecule has 1 aromatic carbocycles. The lowest BCUT2D eigenvalue weighted by atomic mass is 10.0. The fraction of sp³-hybridized carbons (Fsp3) is 0.778. The Hall–Kier alpha value is -1.52. The Labute approximate surface area is 367 Å². The summed E-state index contributed by atoms with van der Waals surface area (Å²) in [5.41, 5.74) is 4.91. The van der Waals surface area contributed by atoms with Crippen LogP contribution in [0.2, 0.25) is 0 Å². The van der Waals surface area contributed by atoms with E-state index in [1.807, 2.05) is 22.7 Å². The number of nitrogens with zero attached hydrogens (tertiary/aromatic N) is 2. The van der Waals surface area contributed by atoms with Crippen LogP contribution in [0.1, 0.15) is 266 Å². The first kappa shape index (κ1) is 49.1. The Morgan fingerprint density at radius 2 is 0.552 bits per heavy atom. The van der Waals surface area contributed by atoms with Gasteiger partial charge >= 0.3 is 0 Å². The van der Waals surface area contributed by atoms with Crippen LogP contribution in [0.15, 0.2) is 12.1 Å². The summed E-state index contributed by atoms with van der Waals surface area (Å²) < 4.78 is 2.84. The van der Waals surface area contributed by atoms with Crippen molar-refractivity contribution in [1.29, 1.82) is 0 Å². The highest BCUT2D eigenvalue weighted by Crippen LogP contribution is 2.42. The molecule has 0 atom stereocenters. The summed E-state index contributed by atoms with van der Waals surface area (Å²) in [6.07, 6.45) is 53.3. The number of benzene rings is 1. The van der Waals surface area contributed by atoms with Gasteiger partial charge in [0.15, 0.2) is 0 Å². The molecule has 3 heterocycles. The van der Waals surface area contributed by atoms with E-state index in [4.69, 9.17) is 9.97 Å². The van der Waals surface area contributed by atoms with Crippen LogP contribution < -0.4 is 0 Å². The van der Waals surface area contributed by atoms with E-state index in [0.29, 0.717) is 0 Å². The van der Waals surface area contributed by atoms with Crippen LogP contribution in [0.5, 0.6) is 0 Å². The lowest BCUT2D eigenvalue weighted by Gasteiger charge is -2.12. The molecule has 0 amide bonds. The van der Waals surface area contributed by atoms with Gasteiger partial charge in [-0.1, -0.05) is 232 Å². The van der Waals surface area contributed by atoms with Crippen molar-refractivity contribution < 1.29 is 0 Å². The molecular formula is C54H90N2S2. The average Bonchev–Trinajstić information content (AvgIpc) is 3.82. The van der Waals surface area contributed by atoms with Gasteiger partial charge in [0.2, 0.25) is 0 Å². The third kappa shape index (κ3) is 19.0. The summed E-state index contributed by atoms with van der Waals surface area (Å²) in [6, 6.07) is 4.76. The van der Waals surface area contributed by atoms with E-state index < -0.39 is 0 Å². The molecule has 0 N–H and O–H groups in total. The molecule has 0 radical (unpaired) electrons. The van der Waals surface area contributed by atoms with Crippen LogP contribution >= 0.6 is 22.7 Å². The lowest BCUT2D eigenvalue weighted by molar-refractivity contribution is 0.524.